The van der Waals surface area contributed by atoms with Crippen molar-refractivity contribution >= 4 is 17.3 Å². The molecule has 1 aromatic heterocycles. The van der Waals surface area contributed by atoms with Crippen molar-refractivity contribution in [2.45, 2.75) is 19.8 Å². The molecule has 0 saturated heterocycles. The van der Waals surface area contributed by atoms with Crippen LogP contribution in [0.1, 0.15) is 16.3 Å². The summed E-state index contributed by atoms with van der Waals surface area (Å²) in [6, 6.07) is 3.48. The highest BCUT2D eigenvalue weighted by atomic mass is 32.1. The van der Waals surface area contributed by atoms with Crippen LogP contribution in [-0.2, 0) is 12.8 Å². The average Bonchev–Trinajstić information content (AvgIpc) is 2.94. The van der Waals surface area contributed by atoms with Crippen LogP contribution in [0, 0.1) is 18.6 Å². The van der Waals surface area contributed by atoms with Gasteiger partial charge in [0.05, 0.1) is 10.7 Å². The van der Waals surface area contributed by atoms with Crippen LogP contribution >= 0.6 is 11.3 Å². The molecule has 4 nitrogen and oxygen atoms in total. The number of benzene rings is 1. The molecule has 124 valence electrons. The molecule has 0 bridgehead atoms. The fraction of sp³-hybridized carbons (Fsp3) is 0.375. The van der Waals surface area contributed by atoms with Gasteiger partial charge in [0.25, 0.3) is 0 Å². The zero-order valence-electron chi connectivity index (χ0n) is 13.2. The lowest BCUT2D eigenvalue weighted by molar-refractivity contribution is 0.583. The number of hydrogen-bond donors (Lipinski definition) is 2. The third kappa shape index (κ3) is 5.59. The second-order valence-electron chi connectivity index (χ2n) is 5.02. The molecule has 0 fully saturated rings. The molecule has 2 rings (SSSR count). The van der Waals surface area contributed by atoms with Crippen LogP contribution < -0.4 is 10.6 Å². The summed E-state index contributed by atoms with van der Waals surface area (Å²) < 4.78 is 26.6. The minimum absolute atomic E-state index is 0.353. The Kier molecular flexibility index (Phi) is 6.46. The third-order valence-electron chi connectivity index (χ3n) is 3.26. The zero-order chi connectivity index (χ0) is 16.7. The van der Waals surface area contributed by atoms with Gasteiger partial charge in [0.2, 0.25) is 0 Å². The Labute approximate surface area is 138 Å². The van der Waals surface area contributed by atoms with Gasteiger partial charge in [0.1, 0.15) is 11.6 Å². The lowest BCUT2D eigenvalue weighted by Crippen LogP contribution is -2.39. The van der Waals surface area contributed by atoms with Crippen LogP contribution in [0.5, 0.6) is 0 Å². The summed E-state index contributed by atoms with van der Waals surface area (Å²) in [4.78, 5) is 8.50. The van der Waals surface area contributed by atoms with Gasteiger partial charge in [0.15, 0.2) is 5.96 Å². The lowest BCUT2D eigenvalue weighted by atomic mass is 10.1. The van der Waals surface area contributed by atoms with Crippen molar-refractivity contribution in [2.24, 2.45) is 4.99 Å². The molecule has 0 saturated carbocycles. The molecule has 2 aromatic rings. The van der Waals surface area contributed by atoms with Crippen LogP contribution in [0.4, 0.5) is 8.78 Å². The highest BCUT2D eigenvalue weighted by molar-refractivity contribution is 7.09. The van der Waals surface area contributed by atoms with E-state index >= 15 is 0 Å². The second-order valence-corrected chi connectivity index (χ2v) is 6.08. The quantitative estimate of drug-likeness (QED) is 0.629. The van der Waals surface area contributed by atoms with E-state index in [1.54, 1.807) is 18.4 Å². The number of nitrogens with one attached hydrogen (secondary N) is 2. The standard InChI is InChI=1S/C16H20F2N4S/c1-11-22-14(10-23-11)6-8-21-16(19-2)20-7-5-12-9-13(17)3-4-15(12)18/h3-4,9-10H,5-8H2,1-2H3,(H2,19,20,21). The predicted molar refractivity (Wildman–Crippen MR) is 90.0 cm³/mol. The van der Waals surface area contributed by atoms with Crippen molar-refractivity contribution in [2.75, 3.05) is 20.1 Å². The monoisotopic (exact) mass is 338 g/mol. The fourth-order valence-electron chi connectivity index (χ4n) is 2.10. The van der Waals surface area contributed by atoms with E-state index in [0.717, 1.165) is 29.3 Å². The molecular weight excluding hydrogens is 318 g/mol. The number of guanidine groups is 1. The maximum atomic E-state index is 13.5. The molecule has 1 aromatic carbocycles. The first kappa shape index (κ1) is 17.3. The van der Waals surface area contributed by atoms with Crippen molar-refractivity contribution in [3.8, 4) is 0 Å². The molecule has 7 heteroatoms. The van der Waals surface area contributed by atoms with E-state index in [2.05, 4.69) is 20.6 Å². The Balaban J connectivity index is 1.73. The van der Waals surface area contributed by atoms with Crippen LogP contribution in [0.25, 0.3) is 0 Å². The van der Waals surface area contributed by atoms with Crippen molar-refractivity contribution in [1.29, 1.82) is 0 Å². The number of aryl methyl sites for hydroxylation is 1. The van der Waals surface area contributed by atoms with Crippen molar-refractivity contribution < 1.29 is 8.78 Å². The maximum Gasteiger partial charge on any atom is 0.190 e. The van der Waals surface area contributed by atoms with Crippen LogP contribution in [-0.4, -0.2) is 31.1 Å². The number of rotatable bonds is 6. The zero-order valence-corrected chi connectivity index (χ0v) is 14.0. The minimum Gasteiger partial charge on any atom is -0.356 e. The Morgan fingerprint density at radius 3 is 2.61 bits per heavy atom. The first-order chi connectivity index (χ1) is 11.1. The van der Waals surface area contributed by atoms with Crippen LogP contribution in [0.2, 0.25) is 0 Å². The Hall–Kier alpha value is -2.02. The van der Waals surface area contributed by atoms with Gasteiger partial charge in [-0.3, -0.25) is 4.99 Å². The van der Waals surface area contributed by atoms with Gasteiger partial charge in [-0.15, -0.1) is 11.3 Å². The SMILES string of the molecule is CN=C(NCCc1csc(C)n1)NCCc1cc(F)ccc1F. The topological polar surface area (TPSA) is 49.3 Å². The third-order valence-corrected chi connectivity index (χ3v) is 4.08. The smallest absolute Gasteiger partial charge is 0.190 e. The van der Waals surface area contributed by atoms with E-state index in [4.69, 9.17) is 0 Å². The van der Waals surface area contributed by atoms with E-state index in [1.807, 2.05) is 12.3 Å². The first-order valence-electron chi connectivity index (χ1n) is 7.38. The molecule has 0 atom stereocenters. The summed E-state index contributed by atoms with van der Waals surface area (Å²) in [5.74, 6) is -0.189. The number of aromatic nitrogens is 1. The van der Waals surface area contributed by atoms with Gasteiger partial charge in [0, 0.05) is 31.9 Å². The molecule has 0 aliphatic heterocycles. The molecule has 0 aliphatic rings. The molecule has 2 N–H and O–H groups in total. The van der Waals surface area contributed by atoms with Gasteiger partial charge in [-0.1, -0.05) is 0 Å². The highest BCUT2D eigenvalue weighted by Crippen LogP contribution is 2.10. The van der Waals surface area contributed by atoms with Gasteiger partial charge >= 0.3 is 0 Å². The maximum absolute atomic E-state index is 13.5. The molecule has 1 heterocycles. The highest BCUT2D eigenvalue weighted by Gasteiger charge is 2.05. The Bertz CT molecular complexity index is 670. The molecule has 0 aliphatic carbocycles. The minimum atomic E-state index is -0.428. The Morgan fingerprint density at radius 2 is 1.96 bits per heavy atom. The first-order valence-corrected chi connectivity index (χ1v) is 8.26. The fourth-order valence-corrected chi connectivity index (χ4v) is 2.75. The molecule has 23 heavy (non-hydrogen) atoms. The van der Waals surface area contributed by atoms with E-state index < -0.39 is 11.6 Å². The van der Waals surface area contributed by atoms with Crippen LogP contribution in [0.3, 0.4) is 0 Å². The number of halogens is 2. The summed E-state index contributed by atoms with van der Waals surface area (Å²) >= 11 is 1.63. The van der Waals surface area contributed by atoms with E-state index in [0.29, 0.717) is 31.0 Å². The number of nitrogens with zero attached hydrogens (tertiary/aromatic N) is 2. The number of thiazole rings is 1. The number of hydrogen-bond acceptors (Lipinski definition) is 3. The van der Waals surface area contributed by atoms with Crippen molar-refractivity contribution in [3.05, 3.63) is 51.5 Å². The van der Waals surface area contributed by atoms with Gasteiger partial charge in [-0.25, -0.2) is 13.8 Å². The largest absolute Gasteiger partial charge is 0.356 e. The van der Waals surface area contributed by atoms with Gasteiger partial charge in [-0.05, 0) is 37.1 Å². The molecular formula is C16H20F2N4S. The normalized spacial score (nSPS) is 11.6. The van der Waals surface area contributed by atoms with Crippen LogP contribution in [0.15, 0.2) is 28.6 Å². The second kappa shape index (κ2) is 8.57. The van der Waals surface area contributed by atoms with E-state index in [1.165, 1.54) is 6.07 Å². The summed E-state index contributed by atoms with van der Waals surface area (Å²) in [5, 5.41) is 9.36. The summed E-state index contributed by atoms with van der Waals surface area (Å²) in [6.07, 6.45) is 1.19. The summed E-state index contributed by atoms with van der Waals surface area (Å²) in [7, 11) is 1.67. The average molecular weight is 338 g/mol. The molecule has 0 unspecified atom stereocenters. The molecule has 0 radical (unpaired) electrons. The Morgan fingerprint density at radius 1 is 1.22 bits per heavy atom. The molecule has 0 spiro atoms. The van der Waals surface area contributed by atoms with Crippen molar-refractivity contribution in [1.82, 2.24) is 15.6 Å². The van der Waals surface area contributed by atoms with E-state index in [9.17, 15) is 8.78 Å². The summed E-state index contributed by atoms with van der Waals surface area (Å²) in [5.41, 5.74) is 1.41. The van der Waals surface area contributed by atoms with E-state index in [-0.39, 0.29) is 0 Å². The van der Waals surface area contributed by atoms with Gasteiger partial charge in [-0.2, -0.15) is 0 Å². The molecule has 0 amide bonds. The van der Waals surface area contributed by atoms with Gasteiger partial charge < -0.3 is 10.6 Å². The summed E-state index contributed by atoms with van der Waals surface area (Å²) in [6.45, 7) is 3.15. The van der Waals surface area contributed by atoms with Crippen molar-refractivity contribution in [3.63, 3.8) is 0 Å². The predicted octanol–water partition coefficient (Wildman–Crippen LogP) is 2.68. The lowest BCUT2D eigenvalue weighted by Gasteiger charge is -2.11. The number of aliphatic imine (C=N–C) groups is 1.